The van der Waals surface area contributed by atoms with E-state index in [1.165, 1.54) is 0 Å². The third kappa shape index (κ3) is 2.33. The molecule has 0 N–H and O–H groups in total. The quantitative estimate of drug-likeness (QED) is 0.496. The lowest BCUT2D eigenvalue weighted by atomic mass is 10.1. The summed E-state index contributed by atoms with van der Waals surface area (Å²) in [4.78, 5) is 34.7. The molecule has 0 amide bonds. The minimum absolute atomic E-state index is 0.0624. The molecule has 27 heavy (non-hydrogen) atoms. The van der Waals surface area contributed by atoms with Crippen LogP contribution in [0.15, 0.2) is 66.1 Å². The van der Waals surface area contributed by atoms with Gasteiger partial charge in [0.1, 0.15) is 0 Å². The maximum Gasteiger partial charge on any atom is 0.260 e. The molecule has 0 saturated heterocycles. The fourth-order valence-corrected chi connectivity index (χ4v) is 3.83. The zero-order valence-electron chi connectivity index (χ0n) is 14.5. The van der Waals surface area contributed by atoms with E-state index in [1.807, 2.05) is 35.0 Å². The van der Waals surface area contributed by atoms with Crippen LogP contribution in [0.4, 0.5) is 0 Å². The summed E-state index contributed by atoms with van der Waals surface area (Å²) in [6.07, 6.45) is 7.78. The van der Waals surface area contributed by atoms with E-state index in [4.69, 9.17) is 0 Å². The summed E-state index contributed by atoms with van der Waals surface area (Å²) in [6.45, 7) is 1.27. The van der Waals surface area contributed by atoms with Crippen LogP contribution in [0.1, 0.15) is 22.3 Å². The van der Waals surface area contributed by atoms with E-state index in [2.05, 4.69) is 9.97 Å². The molecule has 0 aliphatic heterocycles. The van der Waals surface area contributed by atoms with Crippen molar-refractivity contribution in [2.45, 2.75) is 19.5 Å². The molecule has 3 heterocycles. The summed E-state index contributed by atoms with van der Waals surface area (Å²) in [7, 11) is 0. The lowest BCUT2D eigenvalue weighted by molar-refractivity contribution is 0.104. The van der Waals surface area contributed by atoms with Crippen molar-refractivity contribution in [2.24, 2.45) is 0 Å². The molecule has 1 aromatic carbocycles. The monoisotopic (exact) mass is 356 g/mol. The normalized spacial score (nSPS) is 12.4. The standard InChI is InChI=1S/C21H16N4O2/c26-20-15-6-2-1-5-14(15)19-17(20)18-16(7-3-8-23-18)21(27)25(19)11-4-10-24-12-9-22-13-24/h1-3,5-9,12-13H,4,10-11H2. The second kappa shape index (κ2) is 6.02. The molecule has 6 nitrogen and oxygen atoms in total. The topological polar surface area (TPSA) is 69.8 Å². The molecule has 6 heteroatoms. The fourth-order valence-electron chi connectivity index (χ4n) is 3.83. The Morgan fingerprint density at radius 2 is 1.78 bits per heavy atom. The number of hydrogen-bond donors (Lipinski definition) is 0. The minimum Gasteiger partial charge on any atom is -0.337 e. The molecule has 0 fully saturated rings. The molecule has 0 atom stereocenters. The number of ketones is 1. The number of fused-ring (bicyclic) bond motifs is 5. The highest BCUT2D eigenvalue weighted by Crippen LogP contribution is 2.38. The van der Waals surface area contributed by atoms with E-state index in [-0.39, 0.29) is 11.3 Å². The molecule has 1 aliphatic rings. The first kappa shape index (κ1) is 15.7. The minimum atomic E-state index is -0.105. The van der Waals surface area contributed by atoms with E-state index in [0.717, 1.165) is 18.5 Å². The Labute approximate surface area is 154 Å². The Bertz CT molecular complexity index is 1240. The van der Waals surface area contributed by atoms with Crippen LogP contribution in [0.3, 0.4) is 0 Å². The number of imidazole rings is 1. The van der Waals surface area contributed by atoms with Crippen LogP contribution in [0.25, 0.3) is 22.2 Å². The molecular formula is C21H16N4O2. The Hall–Kier alpha value is -3.54. The summed E-state index contributed by atoms with van der Waals surface area (Å²) in [5, 5.41) is 0.486. The zero-order valence-corrected chi connectivity index (χ0v) is 14.5. The number of benzene rings is 1. The van der Waals surface area contributed by atoms with Gasteiger partial charge in [-0.25, -0.2) is 4.98 Å². The van der Waals surface area contributed by atoms with Crippen LogP contribution >= 0.6 is 0 Å². The Balaban J connectivity index is 1.70. The van der Waals surface area contributed by atoms with E-state index in [0.29, 0.717) is 34.3 Å². The van der Waals surface area contributed by atoms with Crippen molar-refractivity contribution >= 4 is 16.7 Å². The molecular weight excluding hydrogens is 340 g/mol. The number of carbonyl (C=O) groups excluding carboxylic acids is 1. The van der Waals surface area contributed by atoms with Crippen molar-refractivity contribution in [3.63, 3.8) is 0 Å². The average Bonchev–Trinajstić information content (AvgIpc) is 3.32. The summed E-state index contributed by atoms with van der Waals surface area (Å²) in [6, 6.07) is 10.9. The molecule has 0 radical (unpaired) electrons. The van der Waals surface area contributed by atoms with Crippen molar-refractivity contribution in [3.05, 3.63) is 82.8 Å². The maximum absolute atomic E-state index is 13.2. The van der Waals surface area contributed by atoms with Crippen LogP contribution in [-0.2, 0) is 13.1 Å². The molecule has 4 aromatic rings. The second-order valence-electron chi connectivity index (χ2n) is 6.61. The smallest absolute Gasteiger partial charge is 0.260 e. The van der Waals surface area contributed by atoms with Gasteiger partial charge in [0.25, 0.3) is 5.56 Å². The van der Waals surface area contributed by atoms with Gasteiger partial charge in [0.05, 0.1) is 28.5 Å². The summed E-state index contributed by atoms with van der Waals surface area (Å²) in [5.41, 5.74) is 3.06. The van der Waals surface area contributed by atoms with Crippen molar-refractivity contribution in [1.82, 2.24) is 19.1 Å². The van der Waals surface area contributed by atoms with Crippen molar-refractivity contribution in [1.29, 1.82) is 0 Å². The van der Waals surface area contributed by atoms with E-state index in [1.54, 1.807) is 35.4 Å². The van der Waals surface area contributed by atoms with E-state index in [9.17, 15) is 9.59 Å². The van der Waals surface area contributed by atoms with E-state index >= 15 is 0 Å². The largest absolute Gasteiger partial charge is 0.337 e. The number of nitrogens with zero attached hydrogens (tertiary/aromatic N) is 4. The van der Waals surface area contributed by atoms with Gasteiger partial charge >= 0.3 is 0 Å². The third-order valence-corrected chi connectivity index (χ3v) is 5.04. The third-order valence-electron chi connectivity index (χ3n) is 5.04. The molecule has 0 bridgehead atoms. The van der Waals surface area contributed by atoms with Crippen molar-refractivity contribution in [3.8, 4) is 11.3 Å². The van der Waals surface area contributed by atoms with Crippen LogP contribution in [0.2, 0.25) is 0 Å². The number of pyridine rings is 2. The zero-order chi connectivity index (χ0) is 18.4. The van der Waals surface area contributed by atoms with E-state index < -0.39 is 0 Å². The average molecular weight is 356 g/mol. The number of hydrogen-bond acceptors (Lipinski definition) is 4. The molecule has 0 saturated carbocycles. The first-order valence-electron chi connectivity index (χ1n) is 8.87. The van der Waals surface area contributed by atoms with Gasteiger partial charge in [-0.2, -0.15) is 0 Å². The highest BCUT2D eigenvalue weighted by atomic mass is 16.1. The predicted octanol–water partition coefficient (Wildman–Crippen LogP) is 2.89. The van der Waals surface area contributed by atoms with Crippen LogP contribution in [-0.4, -0.2) is 24.9 Å². The number of rotatable bonds is 4. The Kier molecular flexibility index (Phi) is 3.50. The summed E-state index contributed by atoms with van der Waals surface area (Å²) >= 11 is 0. The van der Waals surface area contributed by atoms with Gasteiger partial charge in [0.2, 0.25) is 0 Å². The second-order valence-corrected chi connectivity index (χ2v) is 6.61. The van der Waals surface area contributed by atoms with Gasteiger partial charge in [0.15, 0.2) is 5.78 Å². The fraction of sp³-hybridized carbons (Fsp3) is 0.143. The molecule has 3 aromatic heterocycles. The molecule has 1 aliphatic carbocycles. The van der Waals surface area contributed by atoms with Crippen molar-refractivity contribution < 1.29 is 4.79 Å². The highest BCUT2D eigenvalue weighted by Gasteiger charge is 2.32. The van der Waals surface area contributed by atoms with Crippen LogP contribution < -0.4 is 5.56 Å². The van der Waals surface area contributed by atoms with Crippen LogP contribution in [0.5, 0.6) is 0 Å². The molecule has 0 spiro atoms. The molecule has 5 rings (SSSR count). The Morgan fingerprint density at radius 1 is 0.926 bits per heavy atom. The van der Waals surface area contributed by atoms with Gasteiger partial charge in [-0.1, -0.05) is 24.3 Å². The summed E-state index contributed by atoms with van der Waals surface area (Å²) in [5.74, 6) is -0.0624. The lowest BCUT2D eigenvalue weighted by Crippen LogP contribution is -2.24. The number of aryl methyl sites for hydroxylation is 1. The van der Waals surface area contributed by atoms with Crippen LogP contribution in [0, 0.1) is 0 Å². The van der Waals surface area contributed by atoms with Gasteiger partial charge in [-0.3, -0.25) is 14.6 Å². The molecule has 0 unspecified atom stereocenters. The van der Waals surface area contributed by atoms with Gasteiger partial charge in [-0.05, 0) is 18.6 Å². The number of carbonyl (C=O) groups is 1. The number of aromatic nitrogens is 4. The van der Waals surface area contributed by atoms with Gasteiger partial charge in [-0.15, -0.1) is 0 Å². The first-order chi connectivity index (χ1) is 13.3. The predicted molar refractivity (Wildman–Crippen MR) is 102 cm³/mol. The first-order valence-corrected chi connectivity index (χ1v) is 8.87. The SMILES string of the molecule is O=C1c2ccccc2-c2c1c1ncccc1c(=O)n2CCCn1ccnc1. The Morgan fingerprint density at radius 3 is 2.59 bits per heavy atom. The lowest BCUT2D eigenvalue weighted by Gasteiger charge is -2.14. The highest BCUT2D eigenvalue weighted by molar-refractivity contribution is 6.26. The maximum atomic E-state index is 13.2. The molecule has 132 valence electrons. The van der Waals surface area contributed by atoms with Gasteiger partial charge < -0.3 is 9.13 Å². The summed E-state index contributed by atoms with van der Waals surface area (Å²) < 4.78 is 3.72. The van der Waals surface area contributed by atoms with Gasteiger partial charge in [0, 0.05) is 42.8 Å². The van der Waals surface area contributed by atoms with Crippen molar-refractivity contribution in [2.75, 3.05) is 0 Å².